The fourth-order valence-corrected chi connectivity index (χ4v) is 10.2. The van der Waals surface area contributed by atoms with Gasteiger partial charge in [-0.3, -0.25) is 27.6 Å². The first-order chi connectivity index (χ1) is 36.2. The standard InChI is InChI=1S/C35H51N3O8S2.C17H25NO4S2.2C2H6/c1-6-28(15-13-24-46-27-32(39)37-21-11-7-8-12-23-38-33(40)18-19-34(38)41)14-9-10-20-35(2,3)30-26-29(47-44-4)16-17-31(30)36-22-25-48(42,43)45-5;1-6-7-16-17(2,3)14-12-13(23-21-4)8-9-15(14)18(16)10-11-24(19,20)22-5;2*1-2/h6,9-10,14,16-19,26,36H,1,7-8,11-13,15,20-25,27H2,2-5H3,(H,37,39);7-9,12H,6,10-11H2,1-5H3;2*1-2H3/p+1/b10-9+,28-14-;;;. The minimum absolute atomic E-state index is 0.0139. The second kappa shape index (κ2) is 36.9. The number of unbranched alkanes of at least 4 members (excludes halogenated alkanes) is 3. The highest BCUT2D eigenvalue weighted by atomic mass is 32.2. The maximum absolute atomic E-state index is 12.1. The molecule has 3 amide bonds. The molecule has 2 aromatic rings. The van der Waals surface area contributed by atoms with Crippen LogP contribution in [0.4, 0.5) is 11.4 Å². The van der Waals surface area contributed by atoms with E-state index in [4.69, 9.17) is 13.1 Å². The fraction of sp³-hybridized carbons (Fsp3) is 0.554. The van der Waals surface area contributed by atoms with Crippen molar-refractivity contribution < 1.29 is 58.0 Å². The average Bonchev–Trinajstić information content (AvgIpc) is 3.83. The van der Waals surface area contributed by atoms with Crippen LogP contribution in [-0.4, -0.2) is 119 Å². The summed E-state index contributed by atoms with van der Waals surface area (Å²) in [6, 6.07) is 12.2. The van der Waals surface area contributed by atoms with Crippen LogP contribution in [0.2, 0.25) is 0 Å². The van der Waals surface area contributed by atoms with Crippen molar-refractivity contribution in [2.75, 3.05) is 84.2 Å². The largest absolute Gasteiger partial charge is 0.372 e. The van der Waals surface area contributed by atoms with E-state index in [2.05, 4.69) is 84.1 Å². The Bertz CT molecular complexity index is 2450. The Labute approximate surface area is 465 Å². The lowest BCUT2D eigenvalue weighted by molar-refractivity contribution is -0.567. The lowest BCUT2D eigenvalue weighted by Gasteiger charge is -2.27. The van der Waals surface area contributed by atoms with Gasteiger partial charge in [0.25, 0.3) is 32.1 Å². The zero-order valence-electron chi connectivity index (χ0n) is 47.5. The van der Waals surface area contributed by atoms with Crippen molar-refractivity contribution in [1.82, 2.24) is 10.2 Å². The molecule has 0 fully saturated rings. The lowest BCUT2D eigenvalue weighted by atomic mass is 9.80. The van der Waals surface area contributed by atoms with Gasteiger partial charge in [0.1, 0.15) is 18.0 Å². The van der Waals surface area contributed by atoms with Crippen molar-refractivity contribution in [2.24, 2.45) is 0 Å². The molecule has 20 heteroatoms. The molecule has 0 unspecified atom stereocenters. The SMILES string of the molecule is C=C/C(=C/C=C/CC(C)(C)c1cc(SOC)ccc1[NH2+]CCS(=O)(=O)OC)CCCOCC(=O)NCCCCCCN1C(=O)C=CC1=O.CC.CC.CCC=C1N(CCS(=O)(=O)OC)c2ccc(SOC)cc2C1(C)C. The van der Waals surface area contributed by atoms with E-state index in [-0.39, 0.29) is 46.7 Å². The zero-order valence-corrected chi connectivity index (χ0v) is 50.8. The van der Waals surface area contributed by atoms with Crippen LogP contribution in [0.5, 0.6) is 0 Å². The van der Waals surface area contributed by atoms with Crippen LogP contribution in [0, 0.1) is 0 Å². The monoisotopic (exact) mass is 1140 g/mol. The smallest absolute Gasteiger partial charge is 0.272 e. The van der Waals surface area contributed by atoms with Gasteiger partial charge in [-0.15, -0.1) is 0 Å². The maximum atomic E-state index is 12.1. The number of nitrogens with zero attached hydrogens (tertiary/aromatic N) is 2. The Morgan fingerprint density at radius 2 is 1.42 bits per heavy atom. The summed E-state index contributed by atoms with van der Waals surface area (Å²) in [7, 11) is -1.38. The van der Waals surface area contributed by atoms with Crippen LogP contribution in [0.25, 0.3) is 0 Å². The topological polar surface area (TPSA) is 201 Å². The summed E-state index contributed by atoms with van der Waals surface area (Å²) in [5.74, 6) is -0.775. The van der Waals surface area contributed by atoms with Crippen LogP contribution in [0.1, 0.15) is 125 Å². The summed E-state index contributed by atoms with van der Waals surface area (Å²) in [4.78, 5) is 40.5. The van der Waals surface area contributed by atoms with E-state index in [9.17, 15) is 31.2 Å². The molecule has 16 nitrogen and oxygen atoms in total. The molecule has 0 saturated carbocycles. The van der Waals surface area contributed by atoms with Crippen molar-refractivity contribution in [3.63, 3.8) is 0 Å². The van der Waals surface area contributed by atoms with E-state index in [0.717, 1.165) is 89.4 Å². The van der Waals surface area contributed by atoms with E-state index in [1.54, 1.807) is 14.2 Å². The minimum Gasteiger partial charge on any atom is -0.372 e. The first-order valence-electron chi connectivity index (χ1n) is 26.1. The Kier molecular flexibility index (Phi) is 34.0. The molecule has 0 radical (unpaired) electrons. The number of nitrogens with one attached hydrogen (secondary N) is 1. The van der Waals surface area contributed by atoms with Gasteiger partial charge >= 0.3 is 0 Å². The van der Waals surface area contributed by atoms with Crippen molar-refractivity contribution in [1.29, 1.82) is 0 Å². The van der Waals surface area contributed by atoms with Crippen LogP contribution in [-0.2, 0) is 66.9 Å². The molecule has 0 aromatic heterocycles. The van der Waals surface area contributed by atoms with Gasteiger partial charge in [-0.05, 0) is 85.4 Å². The van der Waals surface area contributed by atoms with E-state index in [1.165, 1.54) is 60.9 Å². The van der Waals surface area contributed by atoms with Gasteiger partial charge in [-0.1, -0.05) is 112 Å². The molecular formula is C56H89N4O12S4+. The predicted molar refractivity (Wildman–Crippen MR) is 311 cm³/mol. The van der Waals surface area contributed by atoms with Gasteiger partial charge in [0.2, 0.25) is 5.91 Å². The fourth-order valence-electron chi connectivity index (χ4n) is 8.12. The van der Waals surface area contributed by atoms with Crippen LogP contribution in [0.15, 0.2) is 107 Å². The number of rotatable bonds is 32. The number of anilines is 1. The molecule has 4 rings (SSSR count). The van der Waals surface area contributed by atoms with Gasteiger partial charge in [-0.25, -0.2) is 0 Å². The quantitative estimate of drug-likeness (QED) is 0.0175. The number of carbonyl (C=O) groups is 3. The molecule has 428 valence electrons. The third-order valence-corrected chi connectivity index (χ3v) is 15.7. The number of fused-ring (bicyclic) bond motifs is 1. The maximum Gasteiger partial charge on any atom is 0.272 e. The Morgan fingerprint density at radius 1 is 0.816 bits per heavy atom. The highest BCUT2D eigenvalue weighted by Crippen LogP contribution is 2.49. The summed E-state index contributed by atoms with van der Waals surface area (Å²) in [5, 5.41) is 4.80. The number of imide groups is 1. The van der Waals surface area contributed by atoms with Gasteiger partial charge in [0.05, 0.1) is 40.7 Å². The van der Waals surface area contributed by atoms with Crippen molar-refractivity contribution in [2.45, 2.75) is 134 Å². The number of quaternary nitrogens is 1. The highest BCUT2D eigenvalue weighted by molar-refractivity contribution is 7.95. The lowest BCUT2D eigenvalue weighted by Crippen LogP contribution is -2.80. The molecule has 0 bridgehead atoms. The van der Waals surface area contributed by atoms with Gasteiger partial charge < -0.3 is 28.6 Å². The number of hydrogen-bond acceptors (Lipinski definition) is 15. The Morgan fingerprint density at radius 3 is 2.03 bits per heavy atom. The van der Waals surface area contributed by atoms with Crippen molar-refractivity contribution >= 4 is 73.4 Å². The molecule has 0 spiro atoms. The molecule has 2 aliphatic rings. The minimum atomic E-state index is -3.53. The molecule has 0 saturated heterocycles. The predicted octanol–water partition coefficient (Wildman–Crippen LogP) is 10.0. The number of ether oxygens (including phenoxy) is 1. The van der Waals surface area contributed by atoms with E-state index >= 15 is 0 Å². The molecule has 3 N–H and O–H groups in total. The summed E-state index contributed by atoms with van der Waals surface area (Å²) in [6.07, 6.45) is 19.3. The van der Waals surface area contributed by atoms with Crippen LogP contribution >= 0.6 is 24.1 Å². The molecule has 76 heavy (non-hydrogen) atoms. The second-order valence-corrected chi connectivity index (χ2v) is 23.8. The zero-order chi connectivity index (χ0) is 57.4. The third-order valence-electron chi connectivity index (χ3n) is 12.0. The molecule has 2 aromatic carbocycles. The number of nitrogens with two attached hydrogens (primary N) is 1. The van der Waals surface area contributed by atoms with E-state index in [1.807, 2.05) is 75.5 Å². The van der Waals surface area contributed by atoms with Crippen LogP contribution < -0.4 is 15.5 Å². The Hall–Kier alpha value is -4.09. The number of amides is 3. The van der Waals surface area contributed by atoms with E-state index in [0.29, 0.717) is 32.8 Å². The van der Waals surface area contributed by atoms with Crippen molar-refractivity contribution in [3.8, 4) is 0 Å². The molecule has 2 heterocycles. The number of benzene rings is 2. The van der Waals surface area contributed by atoms with Gasteiger partial charge in [0, 0.05) is 101 Å². The number of allylic oxidation sites excluding steroid dienone is 7. The van der Waals surface area contributed by atoms with Crippen LogP contribution in [0.3, 0.4) is 0 Å². The van der Waals surface area contributed by atoms with Gasteiger partial charge in [-0.2, -0.15) is 16.8 Å². The summed E-state index contributed by atoms with van der Waals surface area (Å²) in [6.45, 7) is 24.8. The normalized spacial score (nSPS) is 14.8. The first kappa shape index (κ1) is 69.9. The summed E-state index contributed by atoms with van der Waals surface area (Å²) in [5.41, 5.74) is 6.08. The number of carbonyl (C=O) groups excluding carboxylic acids is 3. The molecule has 2 aliphatic heterocycles. The second-order valence-electron chi connectivity index (χ2n) is 18.1. The average molecular weight is 1140 g/mol. The molecular weight excluding hydrogens is 1050 g/mol. The summed E-state index contributed by atoms with van der Waals surface area (Å²) < 4.78 is 72.2. The highest BCUT2D eigenvalue weighted by Gasteiger charge is 2.40. The number of hydrogen-bond donors (Lipinski definition) is 2. The summed E-state index contributed by atoms with van der Waals surface area (Å²) >= 11 is 2.61. The molecule has 0 aliphatic carbocycles. The molecule has 0 atom stereocenters. The first-order valence-corrected chi connectivity index (χ1v) is 30.8. The van der Waals surface area contributed by atoms with E-state index < -0.39 is 20.2 Å². The van der Waals surface area contributed by atoms with Crippen molar-refractivity contribution in [3.05, 3.63) is 108 Å². The Balaban J connectivity index is 0.000000858. The van der Waals surface area contributed by atoms with Gasteiger partial charge in [0.15, 0.2) is 0 Å². The third kappa shape index (κ3) is 24.3.